The second kappa shape index (κ2) is 4.84. The SMILES string of the molecule is Nc1cnccc1C(=O)Nc1ccc(Cl)cc1. The van der Waals surface area contributed by atoms with E-state index in [2.05, 4.69) is 10.3 Å². The molecular formula is C12H10ClN3O. The molecule has 0 aliphatic carbocycles. The largest absolute Gasteiger partial charge is 0.397 e. The third-order valence-corrected chi connectivity index (χ3v) is 2.45. The van der Waals surface area contributed by atoms with E-state index in [1.165, 1.54) is 12.4 Å². The first-order chi connectivity index (χ1) is 8.16. The summed E-state index contributed by atoms with van der Waals surface area (Å²) in [6.07, 6.45) is 2.96. The maximum atomic E-state index is 11.9. The Balaban J connectivity index is 2.17. The van der Waals surface area contributed by atoms with E-state index in [4.69, 9.17) is 17.3 Å². The summed E-state index contributed by atoms with van der Waals surface area (Å²) in [5.74, 6) is -0.271. The highest BCUT2D eigenvalue weighted by Crippen LogP contribution is 2.16. The van der Waals surface area contributed by atoms with Crippen LogP contribution in [0.2, 0.25) is 5.02 Å². The average Bonchev–Trinajstić information content (AvgIpc) is 2.32. The van der Waals surface area contributed by atoms with Gasteiger partial charge in [0, 0.05) is 16.9 Å². The third-order valence-electron chi connectivity index (χ3n) is 2.20. The minimum atomic E-state index is -0.271. The van der Waals surface area contributed by atoms with Gasteiger partial charge in [-0.25, -0.2) is 0 Å². The number of carbonyl (C=O) groups is 1. The first kappa shape index (κ1) is 11.4. The van der Waals surface area contributed by atoms with Crippen molar-refractivity contribution >= 4 is 28.9 Å². The summed E-state index contributed by atoms with van der Waals surface area (Å²) in [6.45, 7) is 0. The molecule has 1 aromatic carbocycles. The molecule has 3 N–H and O–H groups in total. The van der Waals surface area contributed by atoms with Crippen molar-refractivity contribution < 1.29 is 4.79 Å². The molecule has 0 spiro atoms. The number of pyridine rings is 1. The smallest absolute Gasteiger partial charge is 0.257 e. The van der Waals surface area contributed by atoms with E-state index < -0.39 is 0 Å². The fourth-order valence-electron chi connectivity index (χ4n) is 1.35. The van der Waals surface area contributed by atoms with Crippen molar-refractivity contribution in [1.82, 2.24) is 4.98 Å². The second-order valence-electron chi connectivity index (χ2n) is 3.42. The molecule has 86 valence electrons. The van der Waals surface area contributed by atoms with Crippen LogP contribution in [-0.4, -0.2) is 10.9 Å². The minimum absolute atomic E-state index is 0.271. The number of hydrogen-bond acceptors (Lipinski definition) is 3. The number of halogens is 1. The minimum Gasteiger partial charge on any atom is -0.397 e. The Morgan fingerprint density at radius 3 is 2.59 bits per heavy atom. The second-order valence-corrected chi connectivity index (χ2v) is 3.86. The van der Waals surface area contributed by atoms with Gasteiger partial charge in [0.15, 0.2) is 0 Å². The number of amides is 1. The summed E-state index contributed by atoms with van der Waals surface area (Å²) in [7, 11) is 0. The van der Waals surface area contributed by atoms with Crippen LogP contribution in [0.4, 0.5) is 11.4 Å². The van der Waals surface area contributed by atoms with Crippen LogP contribution in [0.25, 0.3) is 0 Å². The zero-order chi connectivity index (χ0) is 12.3. The van der Waals surface area contributed by atoms with Gasteiger partial charge in [-0.05, 0) is 30.3 Å². The van der Waals surface area contributed by atoms with Gasteiger partial charge in [-0.3, -0.25) is 9.78 Å². The Labute approximate surface area is 103 Å². The lowest BCUT2D eigenvalue weighted by Crippen LogP contribution is -2.14. The molecule has 1 heterocycles. The van der Waals surface area contributed by atoms with E-state index in [9.17, 15) is 4.79 Å². The van der Waals surface area contributed by atoms with Crippen molar-refractivity contribution in [1.29, 1.82) is 0 Å². The number of nitrogens with two attached hydrogens (primary N) is 1. The van der Waals surface area contributed by atoms with Crippen molar-refractivity contribution in [2.24, 2.45) is 0 Å². The number of rotatable bonds is 2. The standard InChI is InChI=1S/C12H10ClN3O/c13-8-1-3-9(4-2-8)16-12(17)10-5-6-15-7-11(10)14/h1-7H,14H2,(H,16,17). The molecule has 0 radical (unpaired) electrons. The molecule has 0 fully saturated rings. The van der Waals surface area contributed by atoms with Gasteiger partial charge >= 0.3 is 0 Å². The van der Waals surface area contributed by atoms with Crippen molar-refractivity contribution in [3.05, 3.63) is 53.3 Å². The van der Waals surface area contributed by atoms with Gasteiger partial charge in [-0.15, -0.1) is 0 Å². The lowest BCUT2D eigenvalue weighted by Gasteiger charge is -2.06. The lowest BCUT2D eigenvalue weighted by molar-refractivity contribution is 0.102. The molecule has 1 amide bonds. The maximum absolute atomic E-state index is 11.9. The van der Waals surface area contributed by atoms with Crippen LogP contribution in [0.15, 0.2) is 42.7 Å². The van der Waals surface area contributed by atoms with Crippen LogP contribution < -0.4 is 11.1 Å². The Morgan fingerprint density at radius 1 is 1.24 bits per heavy atom. The molecule has 17 heavy (non-hydrogen) atoms. The number of benzene rings is 1. The number of carbonyl (C=O) groups excluding carboxylic acids is 1. The summed E-state index contributed by atoms with van der Waals surface area (Å²) in [5.41, 5.74) is 7.06. The third kappa shape index (κ3) is 2.73. The van der Waals surface area contributed by atoms with Crippen molar-refractivity contribution in [3.8, 4) is 0 Å². The average molecular weight is 248 g/mol. The van der Waals surface area contributed by atoms with Crippen LogP contribution >= 0.6 is 11.6 Å². The molecule has 0 unspecified atom stereocenters. The Morgan fingerprint density at radius 2 is 1.94 bits per heavy atom. The fraction of sp³-hybridized carbons (Fsp3) is 0. The molecule has 0 atom stereocenters. The zero-order valence-corrected chi connectivity index (χ0v) is 9.61. The van der Waals surface area contributed by atoms with Crippen LogP contribution in [0.1, 0.15) is 10.4 Å². The summed E-state index contributed by atoms with van der Waals surface area (Å²) >= 11 is 5.75. The number of nitrogen functional groups attached to an aromatic ring is 1. The first-order valence-electron chi connectivity index (χ1n) is 4.93. The molecule has 0 bridgehead atoms. The van der Waals surface area contributed by atoms with Crippen molar-refractivity contribution in [2.45, 2.75) is 0 Å². The molecule has 5 heteroatoms. The van der Waals surface area contributed by atoms with Crippen LogP contribution in [0, 0.1) is 0 Å². The van der Waals surface area contributed by atoms with Gasteiger partial charge in [0.2, 0.25) is 0 Å². The molecule has 0 saturated carbocycles. The molecule has 2 aromatic rings. The van der Waals surface area contributed by atoms with Crippen LogP contribution in [-0.2, 0) is 0 Å². The van der Waals surface area contributed by atoms with Gasteiger partial charge in [0.1, 0.15) is 0 Å². The van der Waals surface area contributed by atoms with Crippen LogP contribution in [0.3, 0.4) is 0 Å². The summed E-state index contributed by atoms with van der Waals surface area (Å²) in [4.78, 5) is 15.7. The number of nitrogens with zero attached hydrogens (tertiary/aromatic N) is 1. The molecule has 2 rings (SSSR count). The molecule has 0 aliphatic heterocycles. The zero-order valence-electron chi connectivity index (χ0n) is 8.85. The monoisotopic (exact) mass is 247 g/mol. The van der Waals surface area contributed by atoms with E-state index in [-0.39, 0.29) is 5.91 Å². The summed E-state index contributed by atoms with van der Waals surface area (Å²) in [5, 5.41) is 3.34. The summed E-state index contributed by atoms with van der Waals surface area (Å²) < 4.78 is 0. The molecule has 1 aromatic heterocycles. The van der Waals surface area contributed by atoms with Crippen molar-refractivity contribution in [3.63, 3.8) is 0 Å². The molecular weight excluding hydrogens is 238 g/mol. The van der Waals surface area contributed by atoms with Crippen molar-refractivity contribution in [2.75, 3.05) is 11.1 Å². The van der Waals surface area contributed by atoms with E-state index >= 15 is 0 Å². The van der Waals surface area contributed by atoms with E-state index in [1.54, 1.807) is 30.3 Å². The van der Waals surface area contributed by atoms with E-state index in [0.29, 0.717) is 22.0 Å². The predicted molar refractivity (Wildman–Crippen MR) is 68.1 cm³/mol. The van der Waals surface area contributed by atoms with Gasteiger partial charge < -0.3 is 11.1 Å². The summed E-state index contributed by atoms with van der Waals surface area (Å²) in [6, 6.07) is 8.41. The highest BCUT2D eigenvalue weighted by Gasteiger charge is 2.09. The first-order valence-corrected chi connectivity index (χ1v) is 5.31. The van der Waals surface area contributed by atoms with Gasteiger partial charge in [0.25, 0.3) is 5.91 Å². The highest BCUT2D eigenvalue weighted by molar-refractivity contribution is 6.30. The predicted octanol–water partition coefficient (Wildman–Crippen LogP) is 2.57. The van der Waals surface area contributed by atoms with Crippen LogP contribution in [0.5, 0.6) is 0 Å². The highest BCUT2D eigenvalue weighted by atomic mass is 35.5. The molecule has 0 saturated heterocycles. The lowest BCUT2D eigenvalue weighted by atomic mass is 10.2. The number of aromatic nitrogens is 1. The Hall–Kier alpha value is -2.07. The van der Waals surface area contributed by atoms with E-state index in [0.717, 1.165) is 0 Å². The fourth-order valence-corrected chi connectivity index (χ4v) is 1.47. The van der Waals surface area contributed by atoms with Gasteiger partial charge in [-0.2, -0.15) is 0 Å². The van der Waals surface area contributed by atoms with E-state index in [1.807, 2.05) is 0 Å². The van der Waals surface area contributed by atoms with Gasteiger partial charge in [-0.1, -0.05) is 11.6 Å². The molecule has 4 nitrogen and oxygen atoms in total. The number of nitrogens with one attached hydrogen (secondary N) is 1. The number of anilines is 2. The Kier molecular flexibility index (Phi) is 3.25. The normalized spacial score (nSPS) is 9.94. The topological polar surface area (TPSA) is 68.0 Å². The Bertz CT molecular complexity index is 540. The quantitative estimate of drug-likeness (QED) is 0.857. The number of hydrogen-bond donors (Lipinski definition) is 2. The maximum Gasteiger partial charge on any atom is 0.257 e. The van der Waals surface area contributed by atoms with Gasteiger partial charge in [0.05, 0.1) is 17.4 Å². The molecule has 0 aliphatic rings.